The Kier molecular flexibility index (Phi) is 29.5. The standard InChI is InChI=1S/C49H86O21/c1-5-6-20-31(21-19-24-33(52)32(51)22-17-15-13-11-9-7-8-10-12-14-16-18-23-34(53)46(61)62)67-48-44(39(56)35(54)26-64-48)70-49-45(41(58)37(28-65-49)66-30(4)50)69-47-43(60)42(59)40(57)36(68-47)27-63-38(55)25-29(2)3/h29,31-37,39-41,43-45,47-49,51-54,56-58,60H,5-28H2,1-4H3,(H,61,62)/t31-,32+,33-,34+,35-,36?,37-,39+,40-,41?,43-,44-,45-,47?,48?,49?/m0/s1. The summed E-state index contributed by atoms with van der Waals surface area (Å²) in [5, 5.41) is 94.5. The van der Waals surface area contributed by atoms with E-state index in [9.17, 15) is 60.0 Å². The van der Waals surface area contributed by atoms with E-state index in [2.05, 4.69) is 0 Å². The molecule has 0 aromatic rings. The highest BCUT2D eigenvalue weighted by Gasteiger charge is 2.52. The van der Waals surface area contributed by atoms with Crippen LogP contribution in [0.4, 0.5) is 0 Å². The number of aliphatic carboxylic acids is 1. The Balaban J connectivity index is 1.54. The minimum atomic E-state index is -2.11. The average Bonchev–Trinajstić information content (AvgIpc) is 3.31. The van der Waals surface area contributed by atoms with Crippen molar-refractivity contribution in [3.05, 3.63) is 0 Å². The van der Waals surface area contributed by atoms with Crippen molar-refractivity contribution >= 4 is 23.7 Å². The summed E-state index contributed by atoms with van der Waals surface area (Å²) in [6, 6.07) is 0. The Labute approximate surface area is 412 Å². The summed E-state index contributed by atoms with van der Waals surface area (Å²) in [7, 11) is 0. The zero-order valence-electron chi connectivity index (χ0n) is 41.7. The van der Waals surface area contributed by atoms with Crippen LogP contribution in [0.2, 0.25) is 0 Å². The molecule has 9 N–H and O–H groups in total. The van der Waals surface area contributed by atoms with Crippen molar-refractivity contribution in [2.24, 2.45) is 5.92 Å². The largest absolute Gasteiger partial charge is 0.479 e. The number of ether oxygens (including phenoxy) is 8. The summed E-state index contributed by atoms with van der Waals surface area (Å²) in [5.41, 5.74) is 0. The SMILES string of the molecule is CCCC[C@@H](CCC[C@H](O)[C@H](O)CCCCCCCCCCCCCC[C@@H](O)C(=O)O)OC1OC[C@H](O)[C@@H](O)[C@@H]1OC1OC[C@H](OC(C)=O)C(O)[C@@H]1OC1OC(COC(=O)CC(C)C)[C@H](O)C(=O)[C@@H]1O. The summed E-state index contributed by atoms with van der Waals surface area (Å²) >= 11 is 0. The topological polar surface area (TPSA) is 324 Å². The van der Waals surface area contributed by atoms with Gasteiger partial charge in [-0.25, -0.2) is 4.79 Å². The Morgan fingerprint density at radius 2 is 1.19 bits per heavy atom. The molecule has 21 heteroatoms. The number of esters is 2. The first kappa shape index (κ1) is 61.8. The Bertz CT molecular complexity index is 1490. The van der Waals surface area contributed by atoms with Gasteiger partial charge in [-0.2, -0.15) is 0 Å². The van der Waals surface area contributed by atoms with Crippen molar-refractivity contribution < 1.29 is 103 Å². The summed E-state index contributed by atoms with van der Waals surface area (Å²) in [5.74, 6) is -3.73. The second-order valence-corrected chi connectivity index (χ2v) is 19.6. The van der Waals surface area contributed by atoms with Gasteiger partial charge in [0, 0.05) is 13.3 Å². The van der Waals surface area contributed by atoms with Gasteiger partial charge in [-0.15, -0.1) is 0 Å². The zero-order valence-corrected chi connectivity index (χ0v) is 41.7. The fourth-order valence-electron chi connectivity index (χ4n) is 8.71. The number of hydrogen-bond donors (Lipinski definition) is 9. The lowest BCUT2D eigenvalue weighted by Crippen LogP contribution is -2.64. The molecule has 0 aromatic carbocycles. The van der Waals surface area contributed by atoms with Crippen molar-refractivity contribution in [2.75, 3.05) is 19.8 Å². The van der Waals surface area contributed by atoms with Crippen LogP contribution in [0.3, 0.4) is 0 Å². The molecule has 5 unspecified atom stereocenters. The second kappa shape index (κ2) is 33.4. The molecule has 0 saturated carbocycles. The monoisotopic (exact) mass is 1010 g/mol. The van der Waals surface area contributed by atoms with Crippen LogP contribution in [0.1, 0.15) is 163 Å². The third-order valence-electron chi connectivity index (χ3n) is 12.9. The van der Waals surface area contributed by atoms with Crippen molar-refractivity contribution in [3.63, 3.8) is 0 Å². The first-order valence-electron chi connectivity index (χ1n) is 25.7. The van der Waals surface area contributed by atoms with Gasteiger partial charge in [0.05, 0.1) is 31.5 Å². The number of carboxylic acid groups (broad SMARTS) is 1. The molecule has 3 fully saturated rings. The van der Waals surface area contributed by atoms with E-state index >= 15 is 0 Å². The Hall–Kier alpha value is -2.48. The predicted molar refractivity (Wildman–Crippen MR) is 247 cm³/mol. The highest BCUT2D eigenvalue weighted by molar-refractivity contribution is 5.88. The van der Waals surface area contributed by atoms with Crippen molar-refractivity contribution in [1.82, 2.24) is 0 Å². The van der Waals surface area contributed by atoms with E-state index in [1.165, 1.54) is 0 Å². The maximum Gasteiger partial charge on any atom is 0.332 e. The van der Waals surface area contributed by atoms with Crippen LogP contribution >= 0.6 is 0 Å². The van der Waals surface area contributed by atoms with Crippen LogP contribution in [0.25, 0.3) is 0 Å². The number of ketones is 1. The number of rotatable bonds is 35. The average molecular weight is 1010 g/mol. The highest BCUT2D eigenvalue weighted by Crippen LogP contribution is 2.32. The van der Waals surface area contributed by atoms with E-state index in [1.54, 1.807) is 13.8 Å². The Morgan fingerprint density at radius 3 is 1.76 bits per heavy atom. The number of carbonyl (C=O) groups excluding carboxylic acids is 3. The lowest BCUT2D eigenvalue weighted by atomic mass is 9.98. The van der Waals surface area contributed by atoms with Gasteiger partial charge in [0.25, 0.3) is 0 Å². The number of unbranched alkanes of at least 4 members (excludes halogenated alkanes) is 12. The fraction of sp³-hybridized carbons (Fsp3) is 0.918. The molecule has 0 aliphatic carbocycles. The molecule has 0 radical (unpaired) electrons. The molecule has 70 heavy (non-hydrogen) atoms. The van der Waals surface area contributed by atoms with E-state index in [-0.39, 0.29) is 18.9 Å². The van der Waals surface area contributed by atoms with Gasteiger partial charge in [0.15, 0.2) is 43.0 Å². The van der Waals surface area contributed by atoms with Crippen LogP contribution < -0.4 is 0 Å². The van der Waals surface area contributed by atoms with E-state index in [4.69, 9.17) is 43.0 Å². The number of aliphatic hydroxyl groups is 8. The van der Waals surface area contributed by atoms with Crippen LogP contribution in [-0.4, -0.2) is 188 Å². The number of carbonyl (C=O) groups is 4. The second-order valence-electron chi connectivity index (χ2n) is 19.6. The third-order valence-corrected chi connectivity index (χ3v) is 12.9. The van der Waals surface area contributed by atoms with Crippen LogP contribution in [0, 0.1) is 5.92 Å². The van der Waals surface area contributed by atoms with Gasteiger partial charge in [0.2, 0.25) is 0 Å². The summed E-state index contributed by atoms with van der Waals surface area (Å²) in [4.78, 5) is 47.8. The quantitative estimate of drug-likeness (QED) is 0.0325. The zero-order chi connectivity index (χ0) is 51.8. The van der Waals surface area contributed by atoms with Gasteiger partial charge in [-0.05, 0) is 44.4 Å². The molecule has 21 nitrogen and oxygen atoms in total. The molecule has 0 spiro atoms. The minimum absolute atomic E-state index is 0.0446. The van der Waals surface area contributed by atoms with Gasteiger partial charge >= 0.3 is 17.9 Å². The molecule has 3 heterocycles. The van der Waals surface area contributed by atoms with E-state index < -0.39 is 135 Å². The molecular weight excluding hydrogens is 925 g/mol. The van der Waals surface area contributed by atoms with Gasteiger partial charge in [-0.3, -0.25) is 14.4 Å². The molecule has 3 rings (SSSR count). The number of aliphatic hydroxyl groups excluding tert-OH is 8. The minimum Gasteiger partial charge on any atom is -0.479 e. The highest BCUT2D eigenvalue weighted by atomic mass is 16.8. The van der Waals surface area contributed by atoms with Crippen molar-refractivity contribution in [3.8, 4) is 0 Å². The van der Waals surface area contributed by atoms with Gasteiger partial charge < -0.3 is 83.9 Å². The smallest absolute Gasteiger partial charge is 0.332 e. The summed E-state index contributed by atoms with van der Waals surface area (Å²) < 4.78 is 46.3. The molecule has 3 aliphatic heterocycles. The van der Waals surface area contributed by atoms with E-state index in [0.717, 1.165) is 96.8 Å². The first-order chi connectivity index (χ1) is 33.3. The molecule has 408 valence electrons. The molecule has 0 amide bonds. The number of Topliss-reactive ketones (excluding diaryl/α,β-unsaturated/α-hetero) is 1. The van der Waals surface area contributed by atoms with E-state index in [1.807, 2.05) is 6.92 Å². The maximum atomic E-state index is 13.0. The Morgan fingerprint density at radius 1 is 0.657 bits per heavy atom. The van der Waals surface area contributed by atoms with Crippen molar-refractivity contribution in [2.45, 2.75) is 261 Å². The predicted octanol–water partition coefficient (Wildman–Crippen LogP) is 2.46. The summed E-state index contributed by atoms with van der Waals surface area (Å²) in [6.45, 7) is 5.35. The van der Waals surface area contributed by atoms with E-state index in [0.29, 0.717) is 38.5 Å². The molecule has 3 aliphatic rings. The van der Waals surface area contributed by atoms with Crippen LogP contribution in [-0.2, 0) is 57.1 Å². The normalized spacial score (nSPS) is 30.2. The lowest BCUT2D eigenvalue weighted by Gasteiger charge is -2.46. The molecule has 0 bridgehead atoms. The van der Waals surface area contributed by atoms with Gasteiger partial charge in [-0.1, -0.05) is 111 Å². The third kappa shape index (κ3) is 21.9. The summed E-state index contributed by atoms with van der Waals surface area (Å²) in [6.07, 6.45) is -6.92. The fourth-order valence-corrected chi connectivity index (χ4v) is 8.71. The van der Waals surface area contributed by atoms with Crippen molar-refractivity contribution in [1.29, 1.82) is 0 Å². The molecule has 0 aromatic heterocycles. The molecular formula is C49H86O21. The van der Waals surface area contributed by atoms with Crippen LogP contribution in [0.15, 0.2) is 0 Å². The number of hydrogen-bond acceptors (Lipinski definition) is 20. The first-order valence-corrected chi connectivity index (χ1v) is 25.7. The number of carboxylic acids is 1. The molecule has 16 atom stereocenters. The van der Waals surface area contributed by atoms with Crippen LogP contribution in [0.5, 0.6) is 0 Å². The molecule has 3 saturated heterocycles. The maximum absolute atomic E-state index is 13.0. The lowest BCUT2D eigenvalue weighted by molar-refractivity contribution is -0.371. The van der Waals surface area contributed by atoms with Gasteiger partial charge in [0.1, 0.15) is 49.3 Å².